The summed E-state index contributed by atoms with van der Waals surface area (Å²) in [5, 5.41) is 0. The van der Waals surface area contributed by atoms with Crippen molar-refractivity contribution < 1.29 is 42.7 Å². The molecule has 83 heavy (non-hydrogen) atoms. The Morgan fingerprint density at radius 2 is 0.711 bits per heavy atom. The summed E-state index contributed by atoms with van der Waals surface area (Å²) in [6, 6.07) is 40.6. The van der Waals surface area contributed by atoms with Gasteiger partial charge in [-0.25, -0.2) is 0 Å². The molecule has 0 amide bonds. The van der Waals surface area contributed by atoms with Crippen LogP contribution in [0.25, 0.3) is 0 Å². The number of carbonyl (C=O) groups excluding carboxylic acids is 2. The average molecular weight is 1150 g/mol. The van der Waals surface area contributed by atoms with Gasteiger partial charge in [0, 0.05) is 12.8 Å². The third kappa shape index (κ3) is 32.6. The Morgan fingerprint density at radius 3 is 1.10 bits per heavy atom. The van der Waals surface area contributed by atoms with Gasteiger partial charge in [0.1, 0.15) is 37.1 Å². The first kappa shape index (κ1) is 69.4. The van der Waals surface area contributed by atoms with Crippen LogP contribution in [0.5, 0.6) is 0 Å². The van der Waals surface area contributed by atoms with Crippen molar-refractivity contribution in [2.75, 3.05) is 13.2 Å². The molecule has 4 aromatic carbocycles. The molecular formula is C74H112O9. The molecule has 0 aromatic heterocycles. The van der Waals surface area contributed by atoms with Gasteiger partial charge in [0.05, 0.1) is 39.1 Å². The minimum Gasteiger partial charge on any atom is -0.462 e. The molecule has 462 valence electrons. The van der Waals surface area contributed by atoms with E-state index in [1.54, 1.807) is 0 Å². The zero-order valence-corrected chi connectivity index (χ0v) is 52.0. The number of hydrogen-bond acceptors (Lipinski definition) is 9. The molecule has 0 unspecified atom stereocenters. The van der Waals surface area contributed by atoms with E-state index in [9.17, 15) is 9.59 Å². The number of unbranched alkanes of at least 4 members (excludes halogenated alkanes) is 28. The summed E-state index contributed by atoms with van der Waals surface area (Å²) >= 11 is 0. The van der Waals surface area contributed by atoms with E-state index in [0.717, 1.165) is 60.8 Å². The van der Waals surface area contributed by atoms with Crippen LogP contribution in [0.4, 0.5) is 0 Å². The minimum atomic E-state index is -0.661. The predicted molar refractivity (Wildman–Crippen MR) is 339 cm³/mol. The third-order valence-electron chi connectivity index (χ3n) is 16.4. The van der Waals surface area contributed by atoms with E-state index in [2.05, 4.69) is 62.4 Å². The molecule has 0 aliphatic carbocycles. The van der Waals surface area contributed by atoms with Crippen LogP contribution in [0, 0.1) is 0 Å². The van der Waals surface area contributed by atoms with Crippen molar-refractivity contribution in [2.24, 2.45) is 0 Å². The van der Waals surface area contributed by atoms with Crippen molar-refractivity contribution in [3.63, 3.8) is 0 Å². The number of carbonyl (C=O) groups is 2. The number of hydrogen-bond donors (Lipinski definition) is 0. The molecule has 1 heterocycles. The molecule has 5 rings (SSSR count). The van der Waals surface area contributed by atoms with Gasteiger partial charge in [-0.05, 0) is 47.9 Å². The molecule has 0 radical (unpaired) electrons. The second kappa shape index (κ2) is 46.9. The molecule has 1 fully saturated rings. The predicted octanol–water partition coefficient (Wildman–Crippen LogP) is 19.5. The molecule has 0 spiro atoms. The van der Waals surface area contributed by atoms with Gasteiger partial charge in [-0.1, -0.05) is 315 Å². The van der Waals surface area contributed by atoms with Crippen LogP contribution in [-0.4, -0.2) is 61.8 Å². The van der Waals surface area contributed by atoms with Crippen molar-refractivity contribution in [3.05, 3.63) is 144 Å². The molecule has 4 aromatic rings. The first-order valence-corrected chi connectivity index (χ1v) is 33.6. The van der Waals surface area contributed by atoms with Crippen LogP contribution < -0.4 is 0 Å². The highest BCUT2D eigenvalue weighted by molar-refractivity contribution is 5.70. The maximum Gasteiger partial charge on any atom is 0.306 e. The van der Waals surface area contributed by atoms with Gasteiger partial charge < -0.3 is 33.2 Å². The van der Waals surface area contributed by atoms with Crippen LogP contribution in [0.2, 0.25) is 0 Å². The number of ether oxygens (including phenoxy) is 7. The van der Waals surface area contributed by atoms with Crippen molar-refractivity contribution in [1.29, 1.82) is 0 Å². The first-order valence-electron chi connectivity index (χ1n) is 33.6. The lowest BCUT2D eigenvalue weighted by Gasteiger charge is -2.46. The van der Waals surface area contributed by atoms with E-state index < -0.39 is 36.6 Å². The zero-order valence-electron chi connectivity index (χ0n) is 52.0. The van der Waals surface area contributed by atoms with Gasteiger partial charge in [0.15, 0.2) is 0 Å². The Kier molecular flexibility index (Phi) is 39.2. The van der Waals surface area contributed by atoms with E-state index in [1.807, 2.05) is 72.8 Å². The standard InChI is InChI=1S/C74H112O9/c1-3-5-7-9-11-13-15-17-19-21-23-25-27-29-43-53-70(75)78-61-67(82-71(76)54-44-30-28-26-24-22-20-18-16-14-12-10-8-6-4-2)55-56-68-72(79-58-64-47-37-32-38-48-64)74(81-60-66-51-41-34-42-52-66)73(80-59-65-49-39-33-40-50-65)69(83-68)62-77-57-63-45-35-31-36-46-63/h31-42,45-52,67-69,72-74H,3-30,43-44,53-62H2,1-2H3/t67-,68-,69+,72-,73-,74+/m0/s1. The number of esters is 2. The molecule has 0 bridgehead atoms. The second-order valence-electron chi connectivity index (χ2n) is 23.8. The fourth-order valence-corrected chi connectivity index (χ4v) is 11.4. The molecule has 0 saturated carbocycles. The van der Waals surface area contributed by atoms with E-state index >= 15 is 0 Å². The smallest absolute Gasteiger partial charge is 0.306 e. The molecular weight excluding hydrogens is 1030 g/mol. The molecule has 1 aliphatic heterocycles. The van der Waals surface area contributed by atoms with Gasteiger partial charge in [-0.15, -0.1) is 0 Å². The second-order valence-corrected chi connectivity index (χ2v) is 23.8. The Labute approximate surface area is 504 Å². The maximum absolute atomic E-state index is 13.8. The van der Waals surface area contributed by atoms with Gasteiger partial charge in [0.2, 0.25) is 0 Å². The van der Waals surface area contributed by atoms with Gasteiger partial charge in [-0.2, -0.15) is 0 Å². The summed E-state index contributed by atoms with van der Waals surface area (Å²) in [6.45, 7) is 6.20. The van der Waals surface area contributed by atoms with Crippen LogP contribution >= 0.6 is 0 Å². The number of rotatable bonds is 51. The highest BCUT2D eigenvalue weighted by atomic mass is 16.6. The monoisotopic (exact) mass is 1140 g/mol. The van der Waals surface area contributed by atoms with Gasteiger partial charge >= 0.3 is 11.9 Å². The normalized spacial score (nSPS) is 17.3. The van der Waals surface area contributed by atoms with Gasteiger partial charge in [0.25, 0.3) is 0 Å². The zero-order chi connectivity index (χ0) is 58.3. The van der Waals surface area contributed by atoms with E-state index in [0.29, 0.717) is 52.1 Å². The largest absolute Gasteiger partial charge is 0.462 e. The maximum atomic E-state index is 13.8. The van der Waals surface area contributed by atoms with Crippen LogP contribution in [0.1, 0.15) is 254 Å². The summed E-state index contributed by atoms with van der Waals surface area (Å²) in [5.74, 6) is -0.500. The fourth-order valence-electron chi connectivity index (χ4n) is 11.4. The molecule has 6 atom stereocenters. The summed E-state index contributed by atoms with van der Waals surface area (Å²) < 4.78 is 46.9. The van der Waals surface area contributed by atoms with E-state index in [4.69, 9.17) is 33.2 Å². The molecule has 1 saturated heterocycles. The lowest BCUT2D eigenvalue weighted by atomic mass is 9.91. The number of benzene rings is 4. The van der Waals surface area contributed by atoms with Crippen molar-refractivity contribution >= 4 is 11.9 Å². The fraction of sp³-hybridized carbons (Fsp3) is 0.649. The van der Waals surface area contributed by atoms with Crippen LogP contribution in [-0.2, 0) is 69.2 Å². The van der Waals surface area contributed by atoms with Crippen LogP contribution in [0.3, 0.4) is 0 Å². The average Bonchev–Trinajstić information content (AvgIpc) is 3.55. The Morgan fingerprint density at radius 1 is 0.386 bits per heavy atom. The quantitative estimate of drug-likeness (QED) is 0.0316. The third-order valence-corrected chi connectivity index (χ3v) is 16.4. The first-order chi connectivity index (χ1) is 41.0. The van der Waals surface area contributed by atoms with Crippen molar-refractivity contribution in [2.45, 2.75) is 295 Å². The Hall–Kier alpha value is -4.38. The summed E-state index contributed by atoms with van der Waals surface area (Å²) in [4.78, 5) is 27.2. The van der Waals surface area contributed by atoms with E-state index in [-0.39, 0.29) is 25.2 Å². The Bertz CT molecular complexity index is 2120. The topological polar surface area (TPSA) is 98.8 Å². The lowest BCUT2D eigenvalue weighted by molar-refractivity contribution is -0.274. The molecule has 1 aliphatic rings. The molecule has 0 N–H and O–H groups in total. The van der Waals surface area contributed by atoms with E-state index in [1.165, 1.54) is 154 Å². The minimum absolute atomic E-state index is 0.00913. The summed E-state index contributed by atoms with van der Waals surface area (Å²) in [7, 11) is 0. The summed E-state index contributed by atoms with van der Waals surface area (Å²) in [6.07, 6.45) is 36.0. The lowest BCUT2D eigenvalue weighted by Crippen LogP contribution is -2.61. The van der Waals surface area contributed by atoms with Crippen LogP contribution in [0.15, 0.2) is 121 Å². The van der Waals surface area contributed by atoms with Crippen molar-refractivity contribution in [3.8, 4) is 0 Å². The van der Waals surface area contributed by atoms with Gasteiger partial charge in [-0.3, -0.25) is 9.59 Å². The highest BCUT2D eigenvalue weighted by Gasteiger charge is 2.48. The molecule has 9 nitrogen and oxygen atoms in total. The highest BCUT2D eigenvalue weighted by Crippen LogP contribution is 2.34. The summed E-state index contributed by atoms with van der Waals surface area (Å²) in [5.41, 5.74) is 4.15. The van der Waals surface area contributed by atoms with Crippen molar-refractivity contribution in [1.82, 2.24) is 0 Å². The Balaban J connectivity index is 1.22. The SMILES string of the molecule is CCCCCCCCCCCCCCCCCC(=O)OC[C@H](CC[C@@H]1O[C@H](COCc2ccccc2)[C@H](OCc2ccccc2)[C@H](OCc2ccccc2)[C@H]1OCc1ccccc1)OC(=O)CCCCCCCCCCCCCCCCC. The molecule has 9 heteroatoms.